The lowest BCUT2D eigenvalue weighted by molar-refractivity contribution is 0.662. The fourth-order valence-corrected chi connectivity index (χ4v) is 9.99. The second-order valence-corrected chi connectivity index (χ2v) is 16.4. The zero-order valence-corrected chi connectivity index (χ0v) is 33.8. The van der Waals surface area contributed by atoms with Crippen LogP contribution in [0.5, 0.6) is 0 Å². The molecule has 1 nitrogen and oxygen atoms in total. The first-order valence-electron chi connectivity index (χ1n) is 20.9. The predicted molar refractivity (Wildman–Crippen MR) is 255 cm³/mol. The molecular formula is C59H43N. The van der Waals surface area contributed by atoms with Gasteiger partial charge in [-0.1, -0.05) is 214 Å². The summed E-state index contributed by atoms with van der Waals surface area (Å²) in [5.41, 5.74) is 18.3. The molecule has 60 heavy (non-hydrogen) atoms. The third-order valence-corrected chi connectivity index (χ3v) is 12.6. The van der Waals surface area contributed by atoms with Crippen LogP contribution in [0.15, 0.2) is 224 Å². The molecule has 0 spiro atoms. The fraction of sp³-hybridized carbons (Fsp3) is 0.0508. The topological polar surface area (TPSA) is 3.24 Å². The summed E-state index contributed by atoms with van der Waals surface area (Å²) < 4.78 is 0. The molecular weight excluding hydrogens is 723 g/mol. The van der Waals surface area contributed by atoms with Gasteiger partial charge in [0.15, 0.2) is 0 Å². The van der Waals surface area contributed by atoms with Gasteiger partial charge >= 0.3 is 0 Å². The molecule has 1 heteroatoms. The van der Waals surface area contributed by atoms with Gasteiger partial charge in [-0.25, -0.2) is 0 Å². The minimum absolute atomic E-state index is 0.142. The number of rotatable bonds is 7. The van der Waals surface area contributed by atoms with E-state index < -0.39 is 0 Å². The summed E-state index contributed by atoms with van der Waals surface area (Å²) in [7, 11) is 0. The van der Waals surface area contributed by atoms with Crippen LogP contribution < -0.4 is 4.90 Å². The average Bonchev–Trinajstić information content (AvgIpc) is 3.55. The van der Waals surface area contributed by atoms with Crippen molar-refractivity contribution in [2.24, 2.45) is 0 Å². The predicted octanol–water partition coefficient (Wildman–Crippen LogP) is 16.4. The molecule has 0 saturated carbocycles. The lowest BCUT2D eigenvalue weighted by Crippen LogP contribution is -2.16. The Bertz CT molecular complexity index is 3230. The first-order valence-corrected chi connectivity index (χ1v) is 20.9. The van der Waals surface area contributed by atoms with E-state index in [2.05, 4.69) is 243 Å². The Morgan fingerprint density at radius 1 is 0.333 bits per heavy atom. The second-order valence-electron chi connectivity index (χ2n) is 16.4. The maximum absolute atomic E-state index is 2.50. The van der Waals surface area contributed by atoms with Crippen LogP contribution in [0.4, 0.5) is 17.1 Å². The molecule has 0 fully saturated rings. The Morgan fingerprint density at radius 3 is 1.62 bits per heavy atom. The van der Waals surface area contributed by atoms with Crippen LogP contribution >= 0.6 is 0 Å². The minimum Gasteiger partial charge on any atom is -0.309 e. The summed E-state index contributed by atoms with van der Waals surface area (Å²) >= 11 is 0. The summed E-state index contributed by atoms with van der Waals surface area (Å²) in [6.07, 6.45) is 0. The van der Waals surface area contributed by atoms with Crippen molar-refractivity contribution in [1.82, 2.24) is 0 Å². The molecule has 284 valence electrons. The molecule has 0 aromatic heterocycles. The van der Waals surface area contributed by atoms with Crippen molar-refractivity contribution in [2.75, 3.05) is 4.90 Å². The van der Waals surface area contributed by atoms with Gasteiger partial charge in [0.25, 0.3) is 0 Å². The highest BCUT2D eigenvalue weighted by molar-refractivity contribution is 6.10. The first-order chi connectivity index (χ1) is 29.6. The van der Waals surface area contributed by atoms with Gasteiger partial charge in [0, 0.05) is 22.2 Å². The zero-order valence-electron chi connectivity index (χ0n) is 33.8. The highest BCUT2D eigenvalue weighted by Gasteiger charge is 2.37. The molecule has 11 rings (SSSR count). The monoisotopic (exact) mass is 765 g/mol. The number of nitrogens with zero attached hydrogens (tertiary/aromatic N) is 1. The van der Waals surface area contributed by atoms with Gasteiger partial charge in [0.05, 0.1) is 11.4 Å². The zero-order chi connectivity index (χ0) is 40.2. The Balaban J connectivity index is 1.18. The van der Waals surface area contributed by atoms with E-state index in [0.29, 0.717) is 0 Å². The second kappa shape index (κ2) is 14.4. The van der Waals surface area contributed by atoms with Crippen molar-refractivity contribution in [1.29, 1.82) is 0 Å². The summed E-state index contributed by atoms with van der Waals surface area (Å²) in [6.45, 7) is 4.75. The molecule has 10 aromatic carbocycles. The first kappa shape index (κ1) is 35.7. The van der Waals surface area contributed by atoms with E-state index in [0.717, 1.165) is 17.1 Å². The van der Waals surface area contributed by atoms with Crippen LogP contribution in [0.3, 0.4) is 0 Å². The fourth-order valence-electron chi connectivity index (χ4n) is 9.99. The van der Waals surface area contributed by atoms with Crippen molar-refractivity contribution in [3.8, 4) is 55.6 Å². The maximum Gasteiger partial charge on any atom is 0.0540 e. The molecule has 0 saturated heterocycles. The summed E-state index contributed by atoms with van der Waals surface area (Å²) in [4.78, 5) is 2.50. The quantitative estimate of drug-likeness (QED) is 0.156. The molecule has 0 atom stereocenters. The standard InChI is InChI=1S/C59H43N/c1-59(2)54-36-11-8-28-49(54)53-35-18-32-47(58(53)59)43-25-14-26-44(39-43)60(55-37-12-9-29-50(55)48-33-15-22-40-21-6-7-27-45(40)48)56-38-13-10-30-51(56)52-34-17-24-42-23-16-31-46(57(42)52)41-19-4-3-5-20-41/h3-39H,1-2H3. The van der Waals surface area contributed by atoms with Crippen LogP contribution in [0.1, 0.15) is 25.0 Å². The molecule has 0 amide bonds. The van der Waals surface area contributed by atoms with E-state index in [1.54, 1.807) is 0 Å². The van der Waals surface area contributed by atoms with Crippen LogP contribution in [0, 0.1) is 0 Å². The molecule has 0 bridgehead atoms. The van der Waals surface area contributed by atoms with Crippen molar-refractivity contribution in [3.05, 3.63) is 236 Å². The largest absolute Gasteiger partial charge is 0.309 e. The molecule has 0 N–H and O–H groups in total. The van der Waals surface area contributed by atoms with E-state index in [-0.39, 0.29) is 5.41 Å². The van der Waals surface area contributed by atoms with Crippen LogP contribution in [0.25, 0.3) is 77.2 Å². The Hall–Kier alpha value is -7.48. The van der Waals surface area contributed by atoms with Gasteiger partial charge in [0.2, 0.25) is 0 Å². The highest BCUT2D eigenvalue weighted by atomic mass is 15.1. The van der Waals surface area contributed by atoms with Gasteiger partial charge in [-0.3, -0.25) is 0 Å². The smallest absolute Gasteiger partial charge is 0.0540 e. The normalized spacial score (nSPS) is 12.6. The van der Waals surface area contributed by atoms with Gasteiger partial charge in [-0.15, -0.1) is 0 Å². The number of anilines is 3. The maximum atomic E-state index is 2.50. The molecule has 1 aliphatic carbocycles. The Labute approximate surface area is 352 Å². The lowest BCUT2D eigenvalue weighted by Gasteiger charge is -2.31. The number of para-hydroxylation sites is 2. The Kier molecular flexibility index (Phi) is 8.57. The average molecular weight is 766 g/mol. The molecule has 0 unspecified atom stereocenters. The third-order valence-electron chi connectivity index (χ3n) is 12.6. The molecule has 0 aliphatic heterocycles. The SMILES string of the molecule is CC1(C)c2ccccc2-c2cccc(-c3cccc(N(c4ccccc4-c4cccc5ccccc45)c4ccccc4-c4cccc5cccc(-c6ccccc6)c45)c3)c21. The summed E-state index contributed by atoms with van der Waals surface area (Å²) in [6, 6.07) is 82.5. The van der Waals surface area contributed by atoms with E-state index in [9.17, 15) is 0 Å². The van der Waals surface area contributed by atoms with Crippen molar-refractivity contribution < 1.29 is 0 Å². The van der Waals surface area contributed by atoms with Crippen LogP contribution in [0.2, 0.25) is 0 Å². The van der Waals surface area contributed by atoms with Gasteiger partial charge in [0.1, 0.15) is 0 Å². The molecule has 10 aromatic rings. The van der Waals surface area contributed by atoms with E-state index in [4.69, 9.17) is 0 Å². The summed E-state index contributed by atoms with van der Waals surface area (Å²) in [5, 5.41) is 4.92. The van der Waals surface area contributed by atoms with E-state index in [1.807, 2.05) is 0 Å². The molecule has 0 radical (unpaired) electrons. The Morgan fingerprint density at radius 2 is 0.833 bits per heavy atom. The van der Waals surface area contributed by atoms with Gasteiger partial charge in [-0.2, -0.15) is 0 Å². The van der Waals surface area contributed by atoms with Gasteiger partial charge in [-0.05, 0) is 101 Å². The van der Waals surface area contributed by atoms with Crippen molar-refractivity contribution in [3.63, 3.8) is 0 Å². The number of benzene rings is 10. The number of hydrogen-bond acceptors (Lipinski definition) is 1. The van der Waals surface area contributed by atoms with Crippen LogP contribution in [-0.2, 0) is 5.41 Å². The lowest BCUT2D eigenvalue weighted by atomic mass is 9.79. The number of fused-ring (bicyclic) bond motifs is 5. The van der Waals surface area contributed by atoms with E-state index in [1.165, 1.54) is 88.3 Å². The van der Waals surface area contributed by atoms with E-state index >= 15 is 0 Å². The highest BCUT2D eigenvalue weighted by Crippen LogP contribution is 2.53. The van der Waals surface area contributed by atoms with Crippen LogP contribution in [-0.4, -0.2) is 0 Å². The van der Waals surface area contributed by atoms with Crippen molar-refractivity contribution >= 4 is 38.6 Å². The van der Waals surface area contributed by atoms with Crippen molar-refractivity contribution in [2.45, 2.75) is 19.3 Å². The third kappa shape index (κ3) is 5.77. The minimum atomic E-state index is -0.142. The number of hydrogen-bond donors (Lipinski definition) is 0. The molecule has 0 heterocycles. The molecule has 1 aliphatic rings. The summed E-state index contributed by atoms with van der Waals surface area (Å²) in [5.74, 6) is 0. The van der Waals surface area contributed by atoms with Gasteiger partial charge < -0.3 is 4.90 Å².